The fourth-order valence-corrected chi connectivity index (χ4v) is 3.11. The van der Waals surface area contributed by atoms with Crippen molar-refractivity contribution in [3.05, 3.63) is 41.5 Å². The zero-order valence-electron chi connectivity index (χ0n) is 14.7. The Labute approximate surface area is 148 Å². The van der Waals surface area contributed by atoms with Gasteiger partial charge >= 0.3 is 0 Å². The number of ether oxygens (including phenoxy) is 1. The molecule has 1 N–H and O–H groups in total. The Balaban J connectivity index is 1.51. The molecule has 6 heteroatoms. The minimum Gasteiger partial charge on any atom is -0.474 e. The molecule has 130 valence electrons. The average molecular weight is 337 g/mol. The molecule has 0 unspecified atom stereocenters. The van der Waals surface area contributed by atoms with E-state index in [9.17, 15) is 0 Å². The van der Waals surface area contributed by atoms with Crippen molar-refractivity contribution in [1.29, 1.82) is 5.26 Å². The van der Waals surface area contributed by atoms with Crippen LogP contribution in [0.2, 0.25) is 0 Å². The van der Waals surface area contributed by atoms with Gasteiger partial charge in [0.25, 0.3) is 0 Å². The smallest absolute Gasteiger partial charge is 0.213 e. The molecule has 1 saturated carbocycles. The van der Waals surface area contributed by atoms with Gasteiger partial charge in [-0.1, -0.05) is 6.92 Å². The van der Waals surface area contributed by atoms with Gasteiger partial charge in [-0.2, -0.15) is 5.26 Å². The summed E-state index contributed by atoms with van der Waals surface area (Å²) >= 11 is 0. The molecule has 3 rings (SSSR count). The monoisotopic (exact) mass is 337 g/mol. The second-order valence-electron chi connectivity index (χ2n) is 6.38. The number of aromatic nitrogens is 3. The zero-order valence-corrected chi connectivity index (χ0v) is 14.7. The second kappa shape index (κ2) is 7.93. The molecular weight excluding hydrogens is 314 g/mol. The second-order valence-corrected chi connectivity index (χ2v) is 6.38. The third-order valence-electron chi connectivity index (χ3n) is 4.43. The molecule has 2 aromatic heterocycles. The Hall–Kier alpha value is -2.68. The number of rotatable bonds is 5. The van der Waals surface area contributed by atoms with Crippen molar-refractivity contribution in [2.24, 2.45) is 0 Å². The van der Waals surface area contributed by atoms with Crippen LogP contribution in [0.1, 0.15) is 49.7 Å². The maximum absolute atomic E-state index is 8.80. The van der Waals surface area contributed by atoms with Crippen molar-refractivity contribution in [2.45, 2.75) is 58.1 Å². The summed E-state index contributed by atoms with van der Waals surface area (Å²) < 4.78 is 5.94. The first-order valence-electron chi connectivity index (χ1n) is 8.80. The van der Waals surface area contributed by atoms with Gasteiger partial charge in [-0.25, -0.2) is 15.0 Å². The molecule has 0 radical (unpaired) electrons. The predicted octanol–water partition coefficient (Wildman–Crippen LogP) is 3.42. The van der Waals surface area contributed by atoms with Gasteiger partial charge in [-0.05, 0) is 45.1 Å². The standard InChI is InChI=1S/C19H23N5O/c1-3-15-10-18(23-13(2)22-15)24-16-5-7-17(8-6-16)25-19-9-4-14(11-20)12-21-19/h4,9-10,12,16-17H,3,5-8H2,1-2H3,(H,22,23,24). The first-order chi connectivity index (χ1) is 12.2. The molecule has 0 aliphatic heterocycles. The van der Waals surface area contributed by atoms with Gasteiger partial charge in [-0.3, -0.25) is 0 Å². The van der Waals surface area contributed by atoms with Crippen molar-refractivity contribution in [3.8, 4) is 11.9 Å². The highest BCUT2D eigenvalue weighted by atomic mass is 16.5. The molecule has 1 aliphatic carbocycles. The lowest BCUT2D eigenvalue weighted by Crippen LogP contribution is -2.31. The molecule has 2 aromatic rings. The number of aryl methyl sites for hydroxylation is 2. The van der Waals surface area contributed by atoms with Gasteiger partial charge in [0.05, 0.1) is 5.56 Å². The molecule has 25 heavy (non-hydrogen) atoms. The van der Waals surface area contributed by atoms with Crippen molar-refractivity contribution >= 4 is 5.82 Å². The van der Waals surface area contributed by atoms with Gasteiger partial charge in [-0.15, -0.1) is 0 Å². The van der Waals surface area contributed by atoms with Gasteiger partial charge in [0.1, 0.15) is 23.8 Å². The third kappa shape index (κ3) is 4.66. The molecule has 1 aliphatic rings. The highest BCUT2D eigenvalue weighted by Gasteiger charge is 2.23. The van der Waals surface area contributed by atoms with Crippen LogP contribution in [-0.4, -0.2) is 27.1 Å². The molecular formula is C19H23N5O. The van der Waals surface area contributed by atoms with E-state index in [0.717, 1.165) is 49.4 Å². The third-order valence-corrected chi connectivity index (χ3v) is 4.43. The Kier molecular flexibility index (Phi) is 5.44. The summed E-state index contributed by atoms with van der Waals surface area (Å²) in [4.78, 5) is 13.1. The molecule has 0 spiro atoms. The molecule has 0 amide bonds. The van der Waals surface area contributed by atoms with Crippen molar-refractivity contribution in [1.82, 2.24) is 15.0 Å². The maximum atomic E-state index is 8.80. The first kappa shape index (κ1) is 17.2. The summed E-state index contributed by atoms with van der Waals surface area (Å²) in [5, 5.41) is 12.3. The summed E-state index contributed by atoms with van der Waals surface area (Å²) in [5.74, 6) is 2.32. The summed E-state index contributed by atoms with van der Waals surface area (Å²) in [6, 6.07) is 8.01. The molecule has 0 bridgehead atoms. The fourth-order valence-electron chi connectivity index (χ4n) is 3.11. The van der Waals surface area contributed by atoms with Crippen LogP contribution in [0.5, 0.6) is 5.88 Å². The van der Waals surface area contributed by atoms with Gasteiger partial charge < -0.3 is 10.1 Å². The lowest BCUT2D eigenvalue weighted by Gasteiger charge is -2.29. The number of nitrogens with zero attached hydrogens (tertiary/aromatic N) is 4. The Bertz CT molecular complexity index is 745. The zero-order chi connectivity index (χ0) is 17.6. The van der Waals surface area contributed by atoms with E-state index in [1.54, 1.807) is 18.3 Å². The van der Waals surface area contributed by atoms with E-state index in [2.05, 4.69) is 33.3 Å². The van der Waals surface area contributed by atoms with Crippen LogP contribution in [0.25, 0.3) is 0 Å². The number of hydrogen-bond acceptors (Lipinski definition) is 6. The number of pyridine rings is 1. The summed E-state index contributed by atoms with van der Waals surface area (Å²) in [5.41, 5.74) is 1.62. The molecule has 0 saturated heterocycles. The molecule has 1 fully saturated rings. The van der Waals surface area contributed by atoms with Crippen LogP contribution in [0, 0.1) is 18.3 Å². The van der Waals surface area contributed by atoms with Crippen LogP contribution >= 0.6 is 0 Å². The highest BCUT2D eigenvalue weighted by molar-refractivity contribution is 5.37. The van der Waals surface area contributed by atoms with Gasteiger partial charge in [0.2, 0.25) is 5.88 Å². The fraction of sp³-hybridized carbons (Fsp3) is 0.474. The SMILES string of the molecule is CCc1cc(NC2CCC(Oc3ccc(C#N)cn3)CC2)nc(C)n1. The maximum Gasteiger partial charge on any atom is 0.213 e. The van der Waals surface area contributed by atoms with Crippen LogP contribution in [0.15, 0.2) is 24.4 Å². The van der Waals surface area contributed by atoms with E-state index in [0.29, 0.717) is 17.5 Å². The minimum atomic E-state index is 0.178. The topological polar surface area (TPSA) is 83.7 Å². The first-order valence-corrected chi connectivity index (χ1v) is 8.80. The molecule has 2 heterocycles. The lowest BCUT2D eigenvalue weighted by atomic mass is 9.93. The van der Waals surface area contributed by atoms with Crippen molar-refractivity contribution < 1.29 is 4.74 Å². The Morgan fingerprint density at radius 3 is 2.68 bits per heavy atom. The average Bonchev–Trinajstić information content (AvgIpc) is 2.63. The van der Waals surface area contributed by atoms with Crippen LogP contribution < -0.4 is 10.1 Å². The van der Waals surface area contributed by atoms with Crippen LogP contribution in [0.4, 0.5) is 5.82 Å². The number of nitrogens with one attached hydrogen (secondary N) is 1. The summed E-state index contributed by atoms with van der Waals surface area (Å²) in [6.07, 6.45) is 6.66. The molecule has 0 atom stereocenters. The van der Waals surface area contributed by atoms with Crippen LogP contribution in [-0.2, 0) is 6.42 Å². The minimum absolute atomic E-state index is 0.178. The lowest BCUT2D eigenvalue weighted by molar-refractivity contribution is 0.144. The highest BCUT2D eigenvalue weighted by Crippen LogP contribution is 2.25. The summed E-state index contributed by atoms with van der Waals surface area (Å²) in [7, 11) is 0. The summed E-state index contributed by atoms with van der Waals surface area (Å²) in [6.45, 7) is 4.03. The van der Waals surface area contributed by atoms with Crippen molar-refractivity contribution in [3.63, 3.8) is 0 Å². The molecule has 6 nitrogen and oxygen atoms in total. The van der Waals surface area contributed by atoms with E-state index in [4.69, 9.17) is 10.00 Å². The van der Waals surface area contributed by atoms with Gasteiger partial charge in [0.15, 0.2) is 0 Å². The van der Waals surface area contributed by atoms with E-state index in [1.165, 1.54) is 0 Å². The number of hydrogen-bond donors (Lipinski definition) is 1. The van der Waals surface area contributed by atoms with E-state index >= 15 is 0 Å². The number of nitriles is 1. The van der Waals surface area contributed by atoms with E-state index in [1.807, 2.05) is 13.0 Å². The van der Waals surface area contributed by atoms with E-state index < -0.39 is 0 Å². The quantitative estimate of drug-likeness (QED) is 0.900. The van der Waals surface area contributed by atoms with Crippen molar-refractivity contribution in [2.75, 3.05) is 5.32 Å². The molecule has 0 aromatic carbocycles. The van der Waals surface area contributed by atoms with Gasteiger partial charge in [0, 0.05) is 30.1 Å². The Morgan fingerprint density at radius 1 is 1.24 bits per heavy atom. The largest absolute Gasteiger partial charge is 0.474 e. The van der Waals surface area contributed by atoms with Crippen LogP contribution in [0.3, 0.4) is 0 Å². The number of anilines is 1. The predicted molar refractivity (Wildman–Crippen MR) is 95.4 cm³/mol. The normalized spacial score (nSPS) is 19.9. The van der Waals surface area contributed by atoms with E-state index in [-0.39, 0.29) is 6.10 Å². The Morgan fingerprint density at radius 2 is 2.04 bits per heavy atom.